The molecule has 0 aliphatic rings. The van der Waals surface area contributed by atoms with Crippen molar-refractivity contribution in [3.63, 3.8) is 0 Å². The molecule has 1 N–H and O–H groups in total. The van der Waals surface area contributed by atoms with Crippen LogP contribution in [0.5, 0.6) is 0 Å². The molecule has 0 fully saturated rings. The molecule has 1 atom stereocenters. The highest BCUT2D eigenvalue weighted by molar-refractivity contribution is 7.61. The number of halogens is 6. The van der Waals surface area contributed by atoms with Gasteiger partial charge in [-0.1, -0.05) is 0 Å². The topological polar surface area (TPSA) is 46.5 Å². The number of hydrogen-bond donors (Lipinski definition) is 1. The van der Waals surface area contributed by atoms with Gasteiger partial charge in [0.15, 0.2) is 0 Å². The fourth-order valence-electron chi connectivity index (χ4n) is 1.35. The molecule has 1 aromatic carbocycles. The zero-order valence-electron chi connectivity index (χ0n) is 9.92. The van der Waals surface area contributed by atoms with Gasteiger partial charge in [0.2, 0.25) is 0 Å². The predicted octanol–water partition coefficient (Wildman–Crippen LogP) is 3.57. The summed E-state index contributed by atoms with van der Waals surface area (Å²) >= 11 is 0. The van der Waals surface area contributed by atoms with E-state index in [0.717, 1.165) is 0 Å². The summed E-state index contributed by atoms with van der Waals surface area (Å²) in [6.45, 7) is 0.937. The first kappa shape index (κ1) is 17.0. The van der Waals surface area contributed by atoms with Crippen LogP contribution < -0.4 is 5.30 Å². The molecule has 0 radical (unpaired) electrons. The lowest BCUT2D eigenvalue weighted by atomic mass is 10.1. The van der Waals surface area contributed by atoms with E-state index >= 15 is 0 Å². The molecule has 0 aromatic heterocycles. The lowest BCUT2D eigenvalue weighted by Gasteiger charge is -2.16. The van der Waals surface area contributed by atoms with Crippen LogP contribution >= 0.6 is 7.60 Å². The Morgan fingerprint density at radius 1 is 1.05 bits per heavy atom. The van der Waals surface area contributed by atoms with E-state index in [4.69, 9.17) is 0 Å². The highest BCUT2D eigenvalue weighted by atomic mass is 31.2. The average Bonchev–Trinajstić information content (AvgIpc) is 2.26. The van der Waals surface area contributed by atoms with E-state index in [1.807, 2.05) is 0 Å². The number of rotatable bonds is 3. The third-order valence-electron chi connectivity index (χ3n) is 2.20. The Hall–Kier alpha value is -1.05. The van der Waals surface area contributed by atoms with Gasteiger partial charge in [-0.15, -0.1) is 0 Å². The van der Waals surface area contributed by atoms with Crippen LogP contribution in [0.3, 0.4) is 0 Å². The Bertz CT molecular complexity index is 505. The van der Waals surface area contributed by atoms with Crippen LogP contribution in [0.1, 0.15) is 18.1 Å². The quantitative estimate of drug-likeness (QED) is 0.683. The summed E-state index contributed by atoms with van der Waals surface area (Å²) in [5, 5.41) is -1.05. The summed E-state index contributed by atoms with van der Waals surface area (Å²) in [7, 11) is -4.74. The van der Waals surface area contributed by atoms with Crippen molar-refractivity contribution in [2.75, 3.05) is 6.61 Å². The van der Waals surface area contributed by atoms with Gasteiger partial charge < -0.3 is 9.42 Å². The molecule has 1 rings (SSSR count). The van der Waals surface area contributed by atoms with E-state index in [1.54, 1.807) is 0 Å². The molecule has 0 saturated heterocycles. The summed E-state index contributed by atoms with van der Waals surface area (Å²) in [4.78, 5) is 9.36. The zero-order valence-corrected chi connectivity index (χ0v) is 10.8. The Kier molecular flexibility index (Phi) is 4.58. The Balaban J connectivity index is 3.50. The summed E-state index contributed by atoms with van der Waals surface area (Å²) < 4.78 is 91.1. The Morgan fingerprint density at radius 2 is 1.45 bits per heavy atom. The molecule has 1 unspecified atom stereocenters. The monoisotopic (exact) mass is 322 g/mol. The maximum atomic E-state index is 12.5. The highest BCUT2D eigenvalue weighted by Gasteiger charge is 2.39. The van der Waals surface area contributed by atoms with Crippen molar-refractivity contribution in [3.05, 3.63) is 29.3 Å². The van der Waals surface area contributed by atoms with Crippen LogP contribution in [-0.4, -0.2) is 11.5 Å². The van der Waals surface area contributed by atoms with Crippen LogP contribution in [0.25, 0.3) is 0 Å². The smallest absolute Gasteiger partial charge is 0.321 e. The van der Waals surface area contributed by atoms with Crippen LogP contribution in [0.4, 0.5) is 26.3 Å². The van der Waals surface area contributed by atoms with Gasteiger partial charge in [-0.05, 0) is 25.1 Å². The molecule has 0 saturated carbocycles. The first-order valence-electron chi connectivity index (χ1n) is 5.15. The zero-order chi connectivity index (χ0) is 15.8. The van der Waals surface area contributed by atoms with E-state index in [2.05, 4.69) is 4.52 Å². The summed E-state index contributed by atoms with van der Waals surface area (Å²) in [5.41, 5.74) is -3.34. The molecule has 0 spiro atoms. The minimum absolute atomic E-state index is 0.130. The van der Waals surface area contributed by atoms with Gasteiger partial charge >= 0.3 is 19.9 Å². The number of alkyl halides is 6. The standard InChI is InChI=1S/C10H9F6O3P/c1-2-19-20(17,18)8-4-6(9(11,12)13)3-7(5-8)10(14,15)16/h3-5H,2H2,1H3,(H,17,18). The van der Waals surface area contributed by atoms with Gasteiger partial charge in [-0.2, -0.15) is 26.3 Å². The molecule has 0 amide bonds. The number of hydrogen-bond acceptors (Lipinski definition) is 2. The second-order valence-electron chi connectivity index (χ2n) is 3.70. The minimum Gasteiger partial charge on any atom is -0.321 e. The molecular formula is C10H9F6O3P. The van der Waals surface area contributed by atoms with E-state index in [1.165, 1.54) is 6.92 Å². The maximum Gasteiger partial charge on any atom is 0.416 e. The lowest BCUT2D eigenvalue weighted by molar-refractivity contribution is -0.142. The van der Waals surface area contributed by atoms with Crippen molar-refractivity contribution in [3.8, 4) is 0 Å². The van der Waals surface area contributed by atoms with Crippen molar-refractivity contribution in [1.82, 2.24) is 0 Å². The van der Waals surface area contributed by atoms with Crippen LogP contribution in [0.2, 0.25) is 0 Å². The van der Waals surface area contributed by atoms with Crippen LogP contribution in [-0.2, 0) is 21.4 Å². The van der Waals surface area contributed by atoms with Crippen molar-refractivity contribution in [2.45, 2.75) is 19.3 Å². The number of benzene rings is 1. The normalized spacial score (nSPS) is 16.0. The van der Waals surface area contributed by atoms with E-state index in [0.29, 0.717) is 0 Å². The molecule has 3 nitrogen and oxygen atoms in total. The average molecular weight is 322 g/mol. The molecule has 10 heteroatoms. The third kappa shape index (κ3) is 3.97. The molecule has 20 heavy (non-hydrogen) atoms. The van der Waals surface area contributed by atoms with Gasteiger partial charge in [0.25, 0.3) is 0 Å². The van der Waals surface area contributed by atoms with Crippen LogP contribution in [0, 0.1) is 0 Å². The van der Waals surface area contributed by atoms with Gasteiger partial charge in [-0.3, -0.25) is 4.57 Å². The minimum atomic E-state index is -5.08. The van der Waals surface area contributed by atoms with Crippen molar-refractivity contribution in [1.29, 1.82) is 0 Å². The predicted molar refractivity (Wildman–Crippen MR) is 57.5 cm³/mol. The lowest BCUT2D eigenvalue weighted by Crippen LogP contribution is -2.18. The summed E-state index contributed by atoms with van der Waals surface area (Å²) in [6, 6.07) is 0.215. The molecular weight excluding hydrogens is 313 g/mol. The molecule has 0 aliphatic heterocycles. The third-order valence-corrected chi connectivity index (χ3v) is 3.72. The van der Waals surface area contributed by atoms with Crippen LogP contribution in [0.15, 0.2) is 18.2 Å². The largest absolute Gasteiger partial charge is 0.416 e. The Labute approximate surface area is 109 Å². The van der Waals surface area contributed by atoms with E-state index < -0.39 is 36.4 Å². The van der Waals surface area contributed by atoms with Gasteiger partial charge in [-0.25, -0.2) is 0 Å². The van der Waals surface area contributed by atoms with Gasteiger partial charge in [0.05, 0.1) is 23.0 Å². The first-order valence-corrected chi connectivity index (χ1v) is 6.73. The maximum absolute atomic E-state index is 12.5. The van der Waals surface area contributed by atoms with E-state index in [9.17, 15) is 35.8 Å². The highest BCUT2D eigenvalue weighted by Crippen LogP contribution is 2.44. The molecule has 0 heterocycles. The second-order valence-corrected chi connectivity index (χ2v) is 5.52. The Morgan fingerprint density at radius 3 is 1.75 bits per heavy atom. The van der Waals surface area contributed by atoms with Crippen molar-refractivity contribution >= 4 is 12.9 Å². The van der Waals surface area contributed by atoms with Gasteiger partial charge in [0, 0.05) is 0 Å². The van der Waals surface area contributed by atoms with Crippen molar-refractivity contribution < 1.29 is 40.3 Å². The fraction of sp³-hybridized carbons (Fsp3) is 0.400. The van der Waals surface area contributed by atoms with Crippen molar-refractivity contribution in [2.24, 2.45) is 0 Å². The second kappa shape index (κ2) is 5.38. The molecule has 0 aliphatic carbocycles. The first-order chi connectivity index (χ1) is 8.88. The summed E-state index contributed by atoms with van der Waals surface area (Å²) in [5.74, 6) is 0. The summed E-state index contributed by atoms with van der Waals surface area (Å²) in [6.07, 6.45) is -10.2. The van der Waals surface area contributed by atoms with Gasteiger partial charge in [0.1, 0.15) is 0 Å². The fourth-order valence-corrected chi connectivity index (χ4v) is 2.45. The molecule has 1 aromatic rings. The molecule has 0 bridgehead atoms. The SMILES string of the molecule is CCOP(=O)(O)c1cc(C(F)(F)F)cc(C(F)(F)F)c1. The van der Waals surface area contributed by atoms with E-state index in [-0.39, 0.29) is 24.8 Å². The molecule has 114 valence electrons.